The van der Waals surface area contributed by atoms with E-state index < -0.39 is 4.92 Å². The second-order valence-electron chi connectivity index (χ2n) is 5.36. The minimum Gasteiger partial charge on any atom is -0.487 e. The molecule has 0 saturated carbocycles. The lowest BCUT2D eigenvalue weighted by Gasteiger charge is -2.06. The number of carbonyl (C=O) groups is 1. The molecule has 3 aromatic rings. The van der Waals surface area contributed by atoms with Gasteiger partial charge in [0.15, 0.2) is 6.29 Å². The maximum absolute atomic E-state index is 12.9. The van der Waals surface area contributed by atoms with Gasteiger partial charge in [-0.1, -0.05) is 0 Å². The van der Waals surface area contributed by atoms with Crippen LogP contribution in [0.3, 0.4) is 0 Å². The molecule has 7 nitrogen and oxygen atoms in total. The molecule has 0 unspecified atom stereocenters. The number of halogens is 1. The Morgan fingerprint density at radius 1 is 1.15 bits per heavy atom. The molecule has 27 heavy (non-hydrogen) atoms. The number of benzene rings is 2. The first-order valence-electron chi connectivity index (χ1n) is 7.73. The van der Waals surface area contributed by atoms with Crippen molar-refractivity contribution < 1.29 is 23.6 Å². The Kier molecular flexibility index (Phi) is 5.72. The van der Waals surface area contributed by atoms with Gasteiger partial charge in [-0.15, -0.1) is 11.3 Å². The Labute approximate surface area is 157 Å². The normalized spacial score (nSPS) is 10.4. The van der Waals surface area contributed by atoms with E-state index in [1.165, 1.54) is 47.7 Å². The zero-order valence-corrected chi connectivity index (χ0v) is 14.6. The van der Waals surface area contributed by atoms with Crippen molar-refractivity contribution in [3.63, 3.8) is 0 Å². The second-order valence-corrected chi connectivity index (χ2v) is 6.30. The van der Waals surface area contributed by atoms with Crippen LogP contribution in [0, 0.1) is 15.9 Å². The van der Waals surface area contributed by atoms with E-state index in [-0.39, 0.29) is 36.0 Å². The van der Waals surface area contributed by atoms with Gasteiger partial charge < -0.3 is 9.47 Å². The van der Waals surface area contributed by atoms with Crippen molar-refractivity contribution >= 4 is 23.3 Å². The van der Waals surface area contributed by atoms with E-state index in [0.29, 0.717) is 22.7 Å². The van der Waals surface area contributed by atoms with Gasteiger partial charge >= 0.3 is 0 Å². The number of thiazole rings is 1. The number of carbonyl (C=O) groups excluding carboxylic acids is 1. The minimum absolute atomic E-state index is 0.0966. The first-order chi connectivity index (χ1) is 13.0. The molecule has 0 spiro atoms. The number of aldehydes is 1. The van der Waals surface area contributed by atoms with E-state index >= 15 is 0 Å². The molecule has 1 aromatic heterocycles. The molecule has 0 aliphatic rings. The Balaban J connectivity index is 1.58. The van der Waals surface area contributed by atoms with Crippen LogP contribution in [0.1, 0.15) is 21.1 Å². The molecule has 3 rings (SSSR count). The smallest absolute Gasteiger partial charge is 0.270 e. The third-order valence-electron chi connectivity index (χ3n) is 3.48. The van der Waals surface area contributed by atoms with E-state index in [2.05, 4.69) is 4.98 Å². The topological polar surface area (TPSA) is 91.6 Å². The van der Waals surface area contributed by atoms with Crippen LogP contribution in [0.2, 0.25) is 0 Å². The first kappa shape index (κ1) is 18.5. The minimum atomic E-state index is -0.579. The van der Waals surface area contributed by atoms with Gasteiger partial charge in [-0.25, -0.2) is 9.37 Å². The van der Waals surface area contributed by atoms with Gasteiger partial charge in [0.25, 0.3) is 5.69 Å². The Morgan fingerprint density at radius 2 is 1.93 bits per heavy atom. The summed E-state index contributed by atoms with van der Waals surface area (Å²) < 4.78 is 23.9. The highest BCUT2D eigenvalue weighted by Crippen LogP contribution is 2.24. The third kappa shape index (κ3) is 4.85. The van der Waals surface area contributed by atoms with Crippen molar-refractivity contribution in [1.29, 1.82) is 0 Å². The second kappa shape index (κ2) is 8.37. The predicted molar refractivity (Wildman–Crippen MR) is 95.7 cm³/mol. The number of aromatic nitrogens is 1. The molecule has 0 aliphatic carbocycles. The van der Waals surface area contributed by atoms with Gasteiger partial charge in [0.2, 0.25) is 0 Å². The number of nitro benzene ring substituents is 1. The summed E-state index contributed by atoms with van der Waals surface area (Å²) in [6, 6.07) is 9.49. The van der Waals surface area contributed by atoms with E-state index in [0.717, 1.165) is 6.07 Å². The van der Waals surface area contributed by atoms with Crippen molar-refractivity contribution in [3.05, 3.63) is 80.0 Å². The molecule has 0 fully saturated rings. The average molecular weight is 388 g/mol. The van der Waals surface area contributed by atoms with Crippen LogP contribution in [0.15, 0.2) is 47.8 Å². The molecule has 0 amide bonds. The number of non-ortho nitro benzene ring substituents is 1. The number of nitrogens with zero attached hydrogens (tertiary/aromatic N) is 2. The zero-order valence-electron chi connectivity index (χ0n) is 13.8. The van der Waals surface area contributed by atoms with Crippen LogP contribution in [-0.4, -0.2) is 16.2 Å². The van der Waals surface area contributed by atoms with E-state index in [1.807, 2.05) is 0 Å². The zero-order chi connectivity index (χ0) is 19.2. The van der Waals surface area contributed by atoms with Crippen LogP contribution in [0.5, 0.6) is 11.5 Å². The average Bonchev–Trinajstić information content (AvgIpc) is 3.13. The van der Waals surface area contributed by atoms with E-state index in [4.69, 9.17) is 9.47 Å². The maximum Gasteiger partial charge on any atom is 0.270 e. The molecule has 0 N–H and O–H groups in total. The Morgan fingerprint density at radius 3 is 2.63 bits per heavy atom. The van der Waals surface area contributed by atoms with Crippen LogP contribution >= 0.6 is 11.3 Å². The van der Waals surface area contributed by atoms with Gasteiger partial charge in [0.05, 0.1) is 16.2 Å². The molecule has 0 bridgehead atoms. The maximum atomic E-state index is 12.9. The van der Waals surface area contributed by atoms with Crippen molar-refractivity contribution in [2.45, 2.75) is 13.2 Å². The van der Waals surface area contributed by atoms with E-state index in [9.17, 15) is 19.3 Å². The lowest BCUT2D eigenvalue weighted by molar-refractivity contribution is -0.384. The number of hydrogen-bond donors (Lipinski definition) is 0. The summed E-state index contributed by atoms with van der Waals surface area (Å²) in [5.74, 6) is 0.440. The summed E-state index contributed by atoms with van der Waals surface area (Å²) in [4.78, 5) is 25.6. The Hall–Kier alpha value is -3.33. The van der Waals surface area contributed by atoms with Crippen LogP contribution in [-0.2, 0) is 13.2 Å². The fraction of sp³-hybridized carbons (Fsp3) is 0.111. The van der Waals surface area contributed by atoms with Gasteiger partial charge in [-0.05, 0) is 30.3 Å². The number of hydrogen-bond acceptors (Lipinski definition) is 7. The number of rotatable bonds is 8. The molecular weight excluding hydrogens is 375 g/mol. The summed E-state index contributed by atoms with van der Waals surface area (Å²) >= 11 is 1.37. The summed E-state index contributed by atoms with van der Waals surface area (Å²) in [6.07, 6.45) is 0.505. The van der Waals surface area contributed by atoms with Crippen molar-refractivity contribution in [3.8, 4) is 11.5 Å². The molecule has 2 aromatic carbocycles. The van der Waals surface area contributed by atoms with Gasteiger partial charge in [0.1, 0.15) is 35.5 Å². The van der Waals surface area contributed by atoms with Crippen molar-refractivity contribution in [2.75, 3.05) is 0 Å². The van der Waals surface area contributed by atoms with Crippen LogP contribution in [0.4, 0.5) is 10.1 Å². The van der Waals surface area contributed by atoms with Crippen molar-refractivity contribution in [1.82, 2.24) is 4.98 Å². The summed E-state index contributed by atoms with van der Waals surface area (Å²) in [6.45, 7) is 0.332. The highest BCUT2D eigenvalue weighted by atomic mass is 32.1. The highest BCUT2D eigenvalue weighted by Gasteiger charge is 2.12. The lowest BCUT2D eigenvalue weighted by Crippen LogP contribution is -2.01. The van der Waals surface area contributed by atoms with Gasteiger partial charge in [-0.2, -0.15) is 0 Å². The number of nitro groups is 1. The van der Waals surface area contributed by atoms with Crippen LogP contribution in [0.25, 0.3) is 0 Å². The molecule has 0 radical (unpaired) electrons. The van der Waals surface area contributed by atoms with Crippen LogP contribution < -0.4 is 9.47 Å². The third-order valence-corrected chi connectivity index (χ3v) is 4.35. The van der Waals surface area contributed by atoms with Gasteiger partial charge in [0, 0.05) is 17.5 Å². The molecule has 0 atom stereocenters. The molecule has 9 heteroatoms. The van der Waals surface area contributed by atoms with Gasteiger partial charge in [-0.3, -0.25) is 14.9 Å². The molecule has 0 saturated heterocycles. The quantitative estimate of drug-likeness (QED) is 0.327. The molecule has 138 valence electrons. The molecule has 0 aliphatic heterocycles. The van der Waals surface area contributed by atoms with Crippen molar-refractivity contribution in [2.24, 2.45) is 0 Å². The Bertz CT molecular complexity index is 959. The molecule has 1 heterocycles. The summed E-state index contributed by atoms with van der Waals surface area (Å²) in [7, 11) is 0. The summed E-state index contributed by atoms with van der Waals surface area (Å²) in [5, 5.41) is 13.2. The number of ether oxygens (including phenoxy) is 2. The van der Waals surface area contributed by atoms with E-state index in [1.54, 1.807) is 5.38 Å². The summed E-state index contributed by atoms with van der Waals surface area (Å²) in [5.41, 5.74) is 0.547. The molecular formula is C18H13FN2O5S. The highest BCUT2D eigenvalue weighted by molar-refractivity contribution is 7.09. The SMILES string of the molecule is O=Cc1cc([N+](=O)[O-])ccc1OCc1csc(COc2ccc(F)cc2)n1. The monoisotopic (exact) mass is 388 g/mol. The fourth-order valence-electron chi connectivity index (χ4n) is 2.18. The largest absolute Gasteiger partial charge is 0.487 e. The fourth-order valence-corrected chi connectivity index (χ4v) is 2.87. The standard InChI is InChI=1S/C18H13FN2O5S/c19-13-1-4-16(5-2-13)25-10-18-20-14(11-27-18)9-26-17-6-3-15(21(23)24)7-12(17)8-22/h1-8,11H,9-10H2. The predicted octanol–water partition coefficient (Wildman–Crippen LogP) is 4.16. The lowest BCUT2D eigenvalue weighted by atomic mass is 10.2. The first-order valence-corrected chi connectivity index (χ1v) is 8.61.